The first kappa shape index (κ1) is 18.2. The van der Waals surface area contributed by atoms with Crippen LogP contribution in [0.25, 0.3) is 11.3 Å². The Morgan fingerprint density at radius 3 is 2.86 bits per heavy atom. The molecule has 0 aliphatic carbocycles. The van der Waals surface area contributed by atoms with E-state index in [0.29, 0.717) is 24.0 Å². The summed E-state index contributed by atoms with van der Waals surface area (Å²) in [6.07, 6.45) is 4.95. The first-order chi connectivity index (χ1) is 13.5. The van der Waals surface area contributed by atoms with Crippen molar-refractivity contribution in [1.82, 2.24) is 30.0 Å². The lowest BCUT2D eigenvalue weighted by atomic mass is 10.0. The fraction of sp³-hybridized carbons (Fsp3) is 0.400. The largest absolute Gasteiger partial charge is 0.361 e. The van der Waals surface area contributed by atoms with Gasteiger partial charge in [-0.3, -0.25) is 4.79 Å². The molecule has 0 radical (unpaired) electrons. The number of amides is 1. The zero-order valence-corrected chi connectivity index (χ0v) is 16.2. The van der Waals surface area contributed by atoms with Crippen LogP contribution in [-0.2, 0) is 6.42 Å². The lowest BCUT2D eigenvalue weighted by Crippen LogP contribution is -2.29. The van der Waals surface area contributed by atoms with Crippen LogP contribution < -0.4 is 0 Å². The molecule has 3 aromatic rings. The van der Waals surface area contributed by atoms with E-state index >= 15 is 0 Å². The standard InChI is InChI=1S/C20H22N6O2/c1-12-19(13(2)28-25-12)18-9-16(22-11-23-18)8-15-5-7-26(10-15)20(27)17-4-6-21-14(3)24-17/h4,6,9,11,15H,5,7-8,10H2,1-3H3. The fourth-order valence-corrected chi connectivity index (χ4v) is 3.71. The highest BCUT2D eigenvalue weighted by Crippen LogP contribution is 2.27. The number of nitrogens with zero attached hydrogens (tertiary/aromatic N) is 6. The minimum atomic E-state index is -0.0351. The maximum atomic E-state index is 12.7. The van der Waals surface area contributed by atoms with Crippen LogP contribution >= 0.6 is 0 Å². The zero-order valence-electron chi connectivity index (χ0n) is 16.2. The molecule has 1 unspecified atom stereocenters. The Morgan fingerprint density at radius 2 is 2.11 bits per heavy atom. The van der Waals surface area contributed by atoms with Gasteiger partial charge in [0.2, 0.25) is 0 Å². The molecule has 1 amide bonds. The summed E-state index contributed by atoms with van der Waals surface area (Å²) in [4.78, 5) is 31.6. The Bertz CT molecular complexity index is 996. The van der Waals surface area contributed by atoms with Crippen molar-refractivity contribution in [2.45, 2.75) is 33.6 Å². The van der Waals surface area contributed by atoms with Gasteiger partial charge in [-0.25, -0.2) is 19.9 Å². The average Bonchev–Trinajstić information content (AvgIpc) is 3.28. The summed E-state index contributed by atoms with van der Waals surface area (Å²) in [7, 11) is 0. The number of hydrogen-bond donors (Lipinski definition) is 0. The normalized spacial score (nSPS) is 16.5. The van der Waals surface area contributed by atoms with Crippen LogP contribution in [0.5, 0.6) is 0 Å². The molecular formula is C20H22N6O2. The molecule has 3 aromatic heterocycles. The van der Waals surface area contributed by atoms with E-state index in [9.17, 15) is 4.79 Å². The summed E-state index contributed by atoms with van der Waals surface area (Å²) in [5.41, 5.74) is 3.98. The van der Waals surface area contributed by atoms with Crippen LogP contribution in [0.2, 0.25) is 0 Å². The van der Waals surface area contributed by atoms with Gasteiger partial charge in [-0.05, 0) is 51.7 Å². The molecule has 4 heterocycles. The second-order valence-electron chi connectivity index (χ2n) is 7.19. The highest BCUT2D eigenvalue weighted by molar-refractivity contribution is 5.92. The van der Waals surface area contributed by atoms with Gasteiger partial charge >= 0.3 is 0 Å². The summed E-state index contributed by atoms with van der Waals surface area (Å²) in [5, 5.41) is 4.00. The molecule has 4 rings (SSSR count). The van der Waals surface area contributed by atoms with Crippen LogP contribution in [-0.4, -0.2) is 49.0 Å². The van der Waals surface area contributed by atoms with Crippen molar-refractivity contribution in [3.63, 3.8) is 0 Å². The Balaban J connectivity index is 1.45. The molecule has 144 valence electrons. The highest BCUT2D eigenvalue weighted by Gasteiger charge is 2.28. The Labute approximate surface area is 163 Å². The van der Waals surface area contributed by atoms with Gasteiger partial charge in [-0.1, -0.05) is 5.16 Å². The lowest BCUT2D eigenvalue weighted by Gasteiger charge is -2.16. The molecule has 1 fully saturated rings. The van der Waals surface area contributed by atoms with E-state index in [0.717, 1.165) is 47.8 Å². The summed E-state index contributed by atoms with van der Waals surface area (Å²) in [6.45, 7) is 7.01. The molecule has 0 spiro atoms. The number of rotatable bonds is 4. The number of aryl methyl sites for hydroxylation is 3. The van der Waals surface area contributed by atoms with Crippen LogP contribution in [0.15, 0.2) is 29.2 Å². The van der Waals surface area contributed by atoms with Crippen LogP contribution in [0, 0.1) is 26.7 Å². The van der Waals surface area contributed by atoms with E-state index in [4.69, 9.17) is 4.52 Å². The molecule has 0 aromatic carbocycles. The van der Waals surface area contributed by atoms with Gasteiger partial charge in [0.1, 0.15) is 23.6 Å². The summed E-state index contributed by atoms with van der Waals surface area (Å²) in [5.74, 6) is 1.68. The average molecular weight is 378 g/mol. The summed E-state index contributed by atoms with van der Waals surface area (Å²) >= 11 is 0. The number of carbonyl (C=O) groups is 1. The van der Waals surface area contributed by atoms with E-state index in [1.807, 2.05) is 24.8 Å². The predicted octanol–water partition coefficient (Wildman–Crippen LogP) is 2.55. The first-order valence-electron chi connectivity index (χ1n) is 9.34. The summed E-state index contributed by atoms with van der Waals surface area (Å²) < 4.78 is 5.25. The Morgan fingerprint density at radius 1 is 1.25 bits per heavy atom. The second kappa shape index (κ2) is 7.46. The third kappa shape index (κ3) is 3.62. The fourth-order valence-electron chi connectivity index (χ4n) is 3.71. The summed E-state index contributed by atoms with van der Waals surface area (Å²) in [6, 6.07) is 3.66. The highest BCUT2D eigenvalue weighted by atomic mass is 16.5. The van der Waals surface area contributed by atoms with Gasteiger partial charge < -0.3 is 9.42 Å². The van der Waals surface area contributed by atoms with Crippen molar-refractivity contribution < 1.29 is 9.32 Å². The number of carbonyl (C=O) groups excluding carboxylic acids is 1. The quantitative estimate of drug-likeness (QED) is 0.688. The molecular weight excluding hydrogens is 356 g/mol. The third-order valence-corrected chi connectivity index (χ3v) is 5.08. The van der Waals surface area contributed by atoms with Gasteiger partial charge in [-0.15, -0.1) is 0 Å². The second-order valence-corrected chi connectivity index (χ2v) is 7.19. The maximum absolute atomic E-state index is 12.7. The molecule has 28 heavy (non-hydrogen) atoms. The molecule has 8 heteroatoms. The van der Waals surface area contributed by atoms with E-state index in [1.54, 1.807) is 25.5 Å². The lowest BCUT2D eigenvalue weighted by molar-refractivity contribution is 0.0780. The maximum Gasteiger partial charge on any atom is 0.272 e. The molecule has 0 saturated carbocycles. The zero-order chi connectivity index (χ0) is 19.7. The van der Waals surface area contributed by atoms with Gasteiger partial charge in [0.05, 0.1) is 17.0 Å². The molecule has 0 N–H and O–H groups in total. The van der Waals surface area contributed by atoms with Crippen molar-refractivity contribution in [2.75, 3.05) is 13.1 Å². The van der Waals surface area contributed by atoms with Gasteiger partial charge in [0.25, 0.3) is 5.91 Å². The predicted molar refractivity (Wildman–Crippen MR) is 101 cm³/mol. The van der Waals surface area contributed by atoms with Crippen LogP contribution in [0.3, 0.4) is 0 Å². The smallest absolute Gasteiger partial charge is 0.272 e. The first-order valence-corrected chi connectivity index (χ1v) is 9.34. The minimum absolute atomic E-state index is 0.0351. The Kier molecular flexibility index (Phi) is 4.85. The molecule has 1 saturated heterocycles. The topological polar surface area (TPSA) is 97.9 Å². The van der Waals surface area contributed by atoms with Crippen LogP contribution in [0.4, 0.5) is 0 Å². The molecule has 1 atom stereocenters. The van der Waals surface area contributed by atoms with Gasteiger partial charge in [0.15, 0.2) is 0 Å². The SMILES string of the molecule is Cc1nccc(C(=O)N2CCC(Cc3cc(-c4c(C)noc4C)ncn3)C2)n1. The van der Waals surface area contributed by atoms with Crippen molar-refractivity contribution >= 4 is 5.91 Å². The number of likely N-dealkylation sites (tertiary alicyclic amines) is 1. The van der Waals surface area contributed by atoms with Crippen molar-refractivity contribution in [3.05, 3.63) is 53.3 Å². The third-order valence-electron chi connectivity index (χ3n) is 5.08. The minimum Gasteiger partial charge on any atom is -0.361 e. The molecule has 1 aliphatic rings. The number of aromatic nitrogens is 5. The van der Waals surface area contributed by atoms with Crippen molar-refractivity contribution in [3.8, 4) is 11.3 Å². The van der Waals surface area contributed by atoms with Crippen molar-refractivity contribution in [2.24, 2.45) is 5.92 Å². The van der Waals surface area contributed by atoms with E-state index in [2.05, 4.69) is 25.1 Å². The number of hydrogen-bond acceptors (Lipinski definition) is 7. The van der Waals surface area contributed by atoms with Crippen molar-refractivity contribution in [1.29, 1.82) is 0 Å². The molecule has 0 bridgehead atoms. The van der Waals surface area contributed by atoms with E-state index in [1.165, 1.54) is 0 Å². The monoisotopic (exact) mass is 378 g/mol. The van der Waals surface area contributed by atoms with Crippen LogP contribution in [0.1, 0.15) is 39.9 Å². The Hall–Kier alpha value is -3.16. The van der Waals surface area contributed by atoms with E-state index < -0.39 is 0 Å². The molecule has 8 nitrogen and oxygen atoms in total. The van der Waals surface area contributed by atoms with Gasteiger partial charge in [-0.2, -0.15) is 0 Å². The van der Waals surface area contributed by atoms with Gasteiger partial charge in [0, 0.05) is 25.0 Å². The molecule has 1 aliphatic heterocycles. The van der Waals surface area contributed by atoms with E-state index in [-0.39, 0.29) is 5.91 Å².